The molecule has 0 saturated carbocycles. The Labute approximate surface area is 145 Å². The molecule has 0 aliphatic rings. The number of nitrogens with zero attached hydrogens (tertiary/aromatic N) is 5. The summed E-state index contributed by atoms with van der Waals surface area (Å²) < 4.78 is 1.33. The summed E-state index contributed by atoms with van der Waals surface area (Å²) in [4.78, 5) is 2.14. The first-order valence-electron chi connectivity index (χ1n) is 7.09. The van der Waals surface area contributed by atoms with Gasteiger partial charge in [0.1, 0.15) is 0 Å². The van der Waals surface area contributed by atoms with Gasteiger partial charge in [-0.25, -0.2) is 10.1 Å². The minimum absolute atomic E-state index is 0.380. The fourth-order valence-electron chi connectivity index (χ4n) is 1.96. The molecule has 0 aliphatic heterocycles. The van der Waals surface area contributed by atoms with Crippen molar-refractivity contribution in [1.29, 1.82) is 0 Å². The van der Waals surface area contributed by atoms with E-state index in [1.165, 1.54) is 4.68 Å². The summed E-state index contributed by atoms with van der Waals surface area (Å²) >= 11 is 11.6. The van der Waals surface area contributed by atoms with E-state index in [1.54, 1.807) is 13.1 Å². The van der Waals surface area contributed by atoms with Crippen molar-refractivity contribution in [1.82, 2.24) is 14.9 Å². The molecule has 0 bridgehead atoms. The predicted molar refractivity (Wildman–Crippen MR) is 96.2 cm³/mol. The monoisotopic (exact) mass is 355 g/mol. The van der Waals surface area contributed by atoms with Crippen LogP contribution in [0.3, 0.4) is 0 Å². The first-order chi connectivity index (χ1) is 11.2. The van der Waals surface area contributed by atoms with Crippen LogP contribution < -0.4 is 16.2 Å². The maximum absolute atomic E-state index is 5.82. The maximum atomic E-state index is 5.82. The zero-order valence-corrected chi connectivity index (χ0v) is 14.3. The number of halogens is 2. The van der Waals surface area contributed by atoms with Gasteiger partial charge in [-0.3, -0.25) is 0 Å². The molecule has 0 atom stereocenters. The first-order valence-corrected chi connectivity index (χ1v) is 8.15. The smallest absolute Gasteiger partial charge is 0.263 e. The van der Waals surface area contributed by atoms with Crippen molar-refractivity contribution in [2.75, 3.05) is 41.0 Å². The Morgan fingerprint density at radius 1 is 1.22 bits per heavy atom. The van der Waals surface area contributed by atoms with Crippen molar-refractivity contribution in [3.05, 3.63) is 35.7 Å². The van der Waals surface area contributed by atoms with Crippen LogP contribution in [0.5, 0.6) is 0 Å². The normalized spacial score (nSPS) is 11.1. The Bertz CT molecular complexity index is 633. The van der Waals surface area contributed by atoms with Gasteiger partial charge < -0.3 is 10.7 Å². The Morgan fingerprint density at radius 3 is 2.39 bits per heavy atom. The summed E-state index contributed by atoms with van der Waals surface area (Å²) in [5.41, 5.74) is 4.77. The van der Waals surface area contributed by atoms with Crippen molar-refractivity contribution in [2.45, 2.75) is 6.92 Å². The molecule has 2 rings (SSSR count). The SMILES string of the molecule is Cc1nnc(NN=Cc2ccc(N(CCCl)CCCl)cc2)n1N. The van der Waals surface area contributed by atoms with Gasteiger partial charge in [0.05, 0.1) is 6.21 Å². The van der Waals surface area contributed by atoms with Gasteiger partial charge in [-0.2, -0.15) is 5.10 Å². The van der Waals surface area contributed by atoms with Crippen molar-refractivity contribution < 1.29 is 0 Å². The van der Waals surface area contributed by atoms with Crippen LogP contribution in [0.25, 0.3) is 0 Å². The summed E-state index contributed by atoms with van der Waals surface area (Å²) in [6.45, 7) is 3.28. The van der Waals surface area contributed by atoms with Gasteiger partial charge in [0.25, 0.3) is 5.95 Å². The van der Waals surface area contributed by atoms with Gasteiger partial charge in [-0.1, -0.05) is 12.1 Å². The van der Waals surface area contributed by atoms with Crippen molar-refractivity contribution in [2.24, 2.45) is 5.10 Å². The number of hydrazone groups is 1. The molecule has 0 radical (unpaired) electrons. The van der Waals surface area contributed by atoms with Gasteiger partial charge in [-0.15, -0.1) is 33.4 Å². The molecule has 0 aliphatic carbocycles. The zero-order chi connectivity index (χ0) is 16.7. The number of alkyl halides is 2. The fourth-order valence-corrected chi connectivity index (χ4v) is 2.36. The van der Waals surface area contributed by atoms with E-state index >= 15 is 0 Å². The largest absolute Gasteiger partial charge is 0.369 e. The number of anilines is 2. The number of benzene rings is 1. The molecule has 2 aromatic rings. The van der Waals surface area contributed by atoms with E-state index in [-0.39, 0.29) is 0 Å². The van der Waals surface area contributed by atoms with Crippen molar-refractivity contribution >= 4 is 41.1 Å². The number of aromatic nitrogens is 3. The van der Waals surface area contributed by atoms with E-state index in [2.05, 4.69) is 25.6 Å². The van der Waals surface area contributed by atoms with E-state index in [0.29, 0.717) is 23.5 Å². The number of hydrogen-bond acceptors (Lipinski definition) is 6. The zero-order valence-electron chi connectivity index (χ0n) is 12.8. The molecule has 7 nitrogen and oxygen atoms in total. The number of nitrogens with two attached hydrogens (primary N) is 1. The Kier molecular flexibility index (Phi) is 6.49. The number of aryl methyl sites for hydroxylation is 1. The molecule has 3 N–H and O–H groups in total. The van der Waals surface area contributed by atoms with Crippen molar-refractivity contribution in [3.8, 4) is 0 Å². The minimum Gasteiger partial charge on any atom is -0.369 e. The number of rotatable bonds is 8. The summed E-state index contributed by atoms with van der Waals surface area (Å²) in [6.07, 6.45) is 1.68. The average molecular weight is 356 g/mol. The highest BCUT2D eigenvalue weighted by Gasteiger charge is 2.05. The molecular weight excluding hydrogens is 337 g/mol. The highest BCUT2D eigenvalue weighted by molar-refractivity contribution is 6.18. The molecule has 0 unspecified atom stereocenters. The lowest BCUT2D eigenvalue weighted by Gasteiger charge is -2.22. The van der Waals surface area contributed by atoms with Crippen LogP contribution in [-0.4, -0.2) is 45.9 Å². The molecular formula is C14H19Cl2N7. The lowest BCUT2D eigenvalue weighted by molar-refractivity contribution is 0.874. The molecule has 0 amide bonds. The molecule has 1 heterocycles. The van der Waals surface area contributed by atoms with E-state index in [0.717, 1.165) is 24.3 Å². The third-order valence-electron chi connectivity index (χ3n) is 3.21. The molecule has 124 valence electrons. The number of nitrogen functional groups attached to an aromatic ring is 1. The summed E-state index contributed by atoms with van der Waals surface area (Å²) in [7, 11) is 0. The minimum atomic E-state index is 0.380. The average Bonchev–Trinajstić information content (AvgIpc) is 2.87. The lowest BCUT2D eigenvalue weighted by atomic mass is 10.2. The number of nitrogens with one attached hydrogen (secondary N) is 1. The highest BCUT2D eigenvalue weighted by Crippen LogP contribution is 2.15. The third kappa shape index (κ3) is 4.74. The lowest BCUT2D eigenvalue weighted by Crippen LogP contribution is -2.27. The third-order valence-corrected chi connectivity index (χ3v) is 3.55. The van der Waals surface area contributed by atoms with Crippen LogP contribution in [0.2, 0.25) is 0 Å². The van der Waals surface area contributed by atoms with Gasteiger partial charge in [0, 0.05) is 30.5 Å². The topological polar surface area (TPSA) is 84.4 Å². The first kappa shape index (κ1) is 17.4. The van der Waals surface area contributed by atoms with Crippen LogP contribution in [0.15, 0.2) is 29.4 Å². The molecule has 23 heavy (non-hydrogen) atoms. The van der Waals surface area contributed by atoms with Crippen LogP contribution in [-0.2, 0) is 0 Å². The van der Waals surface area contributed by atoms with Crippen LogP contribution in [0, 0.1) is 6.92 Å². The van der Waals surface area contributed by atoms with Gasteiger partial charge in [0.2, 0.25) is 0 Å². The molecule has 0 fully saturated rings. The van der Waals surface area contributed by atoms with E-state index in [1.807, 2.05) is 24.3 Å². The quantitative estimate of drug-likeness (QED) is 0.327. The summed E-state index contributed by atoms with van der Waals surface area (Å²) in [5, 5.41) is 11.8. The van der Waals surface area contributed by atoms with Crippen LogP contribution >= 0.6 is 23.2 Å². The summed E-state index contributed by atoms with van der Waals surface area (Å²) in [5.74, 6) is 7.82. The number of hydrogen-bond donors (Lipinski definition) is 2. The summed E-state index contributed by atoms with van der Waals surface area (Å²) in [6, 6.07) is 7.95. The second-order valence-corrected chi connectivity index (χ2v) is 5.52. The van der Waals surface area contributed by atoms with Crippen LogP contribution in [0.4, 0.5) is 11.6 Å². The van der Waals surface area contributed by atoms with E-state index in [4.69, 9.17) is 29.0 Å². The van der Waals surface area contributed by atoms with E-state index in [9.17, 15) is 0 Å². The van der Waals surface area contributed by atoms with E-state index < -0.39 is 0 Å². The van der Waals surface area contributed by atoms with Gasteiger partial charge >= 0.3 is 0 Å². The van der Waals surface area contributed by atoms with Crippen LogP contribution in [0.1, 0.15) is 11.4 Å². The molecule has 1 aromatic heterocycles. The van der Waals surface area contributed by atoms with Crippen molar-refractivity contribution in [3.63, 3.8) is 0 Å². The Hall–Kier alpha value is -1.99. The molecule has 0 saturated heterocycles. The Balaban J connectivity index is 1.98. The molecule has 9 heteroatoms. The molecule has 0 spiro atoms. The molecule has 1 aromatic carbocycles. The van der Waals surface area contributed by atoms with Gasteiger partial charge in [0.15, 0.2) is 5.82 Å². The van der Waals surface area contributed by atoms with Gasteiger partial charge in [-0.05, 0) is 24.6 Å². The highest BCUT2D eigenvalue weighted by atomic mass is 35.5. The second-order valence-electron chi connectivity index (χ2n) is 4.77. The maximum Gasteiger partial charge on any atom is 0.263 e. The Morgan fingerprint density at radius 2 is 1.87 bits per heavy atom. The fraction of sp³-hybridized carbons (Fsp3) is 0.357. The predicted octanol–water partition coefficient (Wildman–Crippen LogP) is 2.03. The standard InChI is InChI=1S/C14H19Cl2N7/c1-11-19-21-14(23(11)17)20-18-10-12-2-4-13(5-3-12)22(8-6-15)9-7-16/h2-5,10H,6-9,17H2,1H3,(H,20,21). The second kappa shape index (κ2) is 8.59.